The van der Waals surface area contributed by atoms with Crippen molar-refractivity contribution < 1.29 is 0 Å². The summed E-state index contributed by atoms with van der Waals surface area (Å²) >= 11 is 0. The SMILES string of the molecule is C1=CC2C(C=C1c1ccc3c(c1)c1ccccc1n3-c1ccccc1)c1ccccc1N2c1cccc(-c2nc(-c3ccccc3)cc(-c3ccccc3)n2)c1. The molecule has 4 nitrogen and oxygen atoms in total. The molecule has 0 N–H and O–H groups in total. The first-order valence-corrected chi connectivity index (χ1v) is 19.2. The number of allylic oxidation sites excluding steroid dienone is 2. The molecule has 0 spiro atoms. The van der Waals surface area contributed by atoms with E-state index >= 15 is 0 Å². The topological polar surface area (TPSA) is 34.0 Å². The number of aromatic nitrogens is 3. The molecule has 7 aromatic carbocycles. The van der Waals surface area contributed by atoms with E-state index in [1.165, 1.54) is 49.9 Å². The Morgan fingerprint density at radius 1 is 0.446 bits per heavy atom. The van der Waals surface area contributed by atoms with Crippen molar-refractivity contribution in [2.24, 2.45) is 0 Å². The standard InChI is InChI=1S/C52H36N4/c1-4-15-35(16-5-1)46-34-47(36-17-6-2-7-18-36)54-52(53-46)39-19-14-22-41(31-39)56-49-26-13-11-24-43(49)45-33-38(28-30-51(45)56)37-27-29-50-44(32-37)42-23-10-12-25-48(42)55(50)40-20-8-3-9-21-40/h1-34,45,51H. The lowest BCUT2D eigenvalue weighted by Gasteiger charge is -2.30. The first kappa shape index (κ1) is 32.2. The Kier molecular flexibility index (Phi) is 7.59. The summed E-state index contributed by atoms with van der Waals surface area (Å²) in [7, 11) is 0. The highest BCUT2D eigenvalue weighted by atomic mass is 15.2. The van der Waals surface area contributed by atoms with Gasteiger partial charge >= 0.3 is 0 Å². The maximum absolute atomic E-state index is 5.14. The van der Waals surface area contributed by atoms with Gasteiger partial charge in [-0.2, -0.15) is 0 Å². The van der Waals surface area contributed by atoms with Crippen molar-refractivity contribution in [2.75, 3.05) is 4.90 Å². The van der Waals surface area contributed by atoms with E-state index in [0.29, 0.717) is 5.82 Å². The monoisotopic (exact) mass is 716 g/mol. The van der Waals surface area contributed by atoms with Gasteiger partial charge in [0.05, 0.1) is 28.5 Å². The summed E-state index contributed by atoms with van der Waals surface area (Å²) in [4.78, 5) is 12.8. The van der Waals surface area contributed by atoms with Gasteiger partial charge in [-0.1, -0.05) is 152 Å². The minimum Gasteiger partial charge on any atom is -0.333 e. The predicted molar refractivity (Wildman–Crippen MR) is 231 cm³/mol. The van der Waals surface area contributed by atoms with E-state index in [4.69, 9.17) is 9.97 Å². The van der Waals surface area contributed by atoms with Crippen LogP contribution in [0.2, 0.25) is 0 Å². The first-order valence-electron chi connectivity index (χ1n) is 19.2. The molecule has 2 atom stereocenters. The molecule has 2 aliphatic rings. The van der Waals surface area contributed by atoms with E-state index in [2.05, 4.69) is 204 Å². The van der Waals surface area contributed by atoms with Gasteiger partial charge in [0.2, 0.25) is 0 Å². The fourth-order valence-electron chi connectivity index (χ4n) is 8.74. The van der Waals surface area contributed by atoms with Crippen LogP contribution in [0, 0.1) is 0 Å². The molecular weight excluding hydrogens is 681 g/mol. The number of rotatable bonds is 6. The van der Waals surface area contributed by atoms with E-state index < -0.39 is 0 Å². The Labute approximate surface area is 326 Å². The van der Waals surface area contributed by atoms with Gasteiger partial charge < -0.3 is 9.47 Å². The minimum atomic E-state index is 0.131. The normalized spacial score (nSPS) is 15.9. The van der Waals surface area contributed by atoms with Gasteiger partial charge in [0.25, 0.3) is 0 Å². The molecule has 0 radical (unpaired) electrons. The van der Waals surface area contributed by atoms with Crippen molar-refractivity contribution in [2.45, 2.75) is 12.0 Å². The molecule has 56 heavy (non-hydrogen) atoms. The second kappa shape index (κ2) is 13.2. The van der Waals surface area contributed by atoms with E-state index in [0.717, 1.165) is 33.8 Å². The van der Waals surface area contributed by atoms with Crippen LogP contribution in [0.1, 0.15) is 17.0 Å². The Balaban J connectivity index is 0.979. The number of benzene rings is 7. The molecule has 1 aliphatic heterocycles. The summed E-state index contributed by atoms with van der Waals surface area (Å²) in [5.74, 6) is 0.903. The molecule has 3 heterocycles. The molecule has 0 amide bonds. The molecule has 9 aromatic rings. The van der Waals surface area contributed by atoms with Crippen LogP contribution in [0.15, 0.2) is 206 Å². The van der Waals surface area contributed by atoms with Crippen LogP contribution in [0.4, 0.5) is 11.4 Å². The van der Waals surface area contributed by atoms with E-state index in [1.807, 2.05) is 12.1 Å². The van der Waals surface area contributed by atoms with Crippen molar-refractivity contribution >= 4 is 38.8 Å². The molecule has 2 unspecified atom stereocenters. The Bertz CT molecular complexity index is 2920. The van der Waals surface area contributed by atoms with Crippen LogP contribution in [-0.2, 0) is 0 Å². The number of anilines is 2. The van der Waals surface area contributed by atoms with Gasteiger partial charge in [-0.15, -0.1) is 0 Å². The number of nitrogens with zero attached hydrogens (tertiary/aromatic N) is 4. The van der Waals surface area contributed by atoms with Crippen LogP contribution in [0.5, 0.6) is 0 Å². The molecule has 2 aromatic heterocycles. The summed E-state index contributed by atoms with van der Waals surface area (Å²) in [6.45, 7) is 0. The minimum absolute atomic E-state index is 0.131. The summed E-state index contributed by atoms with van der Waals surface area (Å²) in [5, 5.41) is 2.52. The van der Waals surface area contributed by atoms with Crippen LogP contribution in [0.25, 0.3) is 67.0 Å². The van der Waals surface area contributed by atoms with Gasteiger partial charge in [0, 0.05) is 50.4 Å². The average Bonchev–Trinajstić information content (AvgIpc) is 3.79. The maximum Gasteiger partial charge on any atom is 0.160 e. The molecule has 11 rings (SSSR count). The zero-order chi connectivity index (χ0) is 37.0. The second-order valence-electron chi connectivity index (χ2n) is 14.6. The van der Waals surface area contributed by atoms with Crippen molar-refractivity contribution in [1.29, 1.82) is 0 Å². The summed E-state index contributed by atoms with van der Waals surface area (Å²) in [5.41, 5.74) is 14.7. The number of fused-ring (bicyclic) bond motifs is 6. The lowest BCUT2D eigenvalue weighted by Crippen LogP contribution is -2.29. The maximum atomic E-state index is 5.14. The van der Waals surface area contributed by atoms with Gasteiger partial charge in [-0.05, 0) is 71.3 Å². The fourth-order valence-corrected chi connectivity index (χ4v) is 8.74. The molecular formula is C52H36N4. The lowest BCUT2D eigenvalue weighted by molar-refractivity contribution is 0.747. The fraction of sp³-hybridized carbons (Fsp3) is 0.0385. The predicted octanol–water partition coefficient (Wildman–Crippen LogP) is 12.8. The highest BCUT2D eigenvalue weighted by molar-refractivity contribution is 6.10. The van der Waals surface area contributed by atoms with Gasteiger partial charge in [-0.25, -0.2) is 9.97 Å². The number of hydrogen-bond donors (Lipinski definition) is 0. The van der Waals surface area contributed by atoms with E-state index in [9.17, 15) is 0 Å². The highest BCUT2D eigenvalue weighted by Crippen LogP contribution is 2.50. The summed E-state index contributed by atoms with van der Waals surface area (Å²) in [6, 6.07) is 66.9. The molecule has 0 bridgehead atoms. The van der Waals surface area contributed by atoms with Crippen molar-refractivity contribution in [3.05, 3.63) is 217 Å². The molecule has 0 saturated carbocycles. The Hall–Kier alpha value is -7.30. The largest absolute Gasteiger partial charge is 0.333 e. The zero-order valence-corrected chi connectivity index (χ0v) is 30.6. The highest BCUT2D eigenvalue weighted by Gasteiger charge is 2.38. The van der Waals surface area contributed by atoms with Crippen molar-refractivity contribution in [1.82, 2.24) is 14.5 Å². The quantitative estimate of drug-likeness (QED) is 0.172. The van der Waals surface area contributed by atoms with Gasteiger partial charge in [-0.3, -0.25) is 0 Å². The number of para-hydroxylation sites is 3. The van der Waals surface area contributed by atoms with Crippen molar-refractivity contribution in [3.8, 4) is 39.6 Å². The number of hydrogen-bond acceptors (Lipinski definition) is 3. The molecule has 1 aliphatic carbocycles. The third-order valence-corrected chi connectivity index (χ3v) is 11.3. The van der Waals surface area contributed by atoms with Crippen LogP contribution < -0.4 is 4.90 Å². The first-order chi connectivity index (χ1) is 27.8. The molecule has 0 saturated heterocycles. The van der Waals surface area contributed by atoms with Gasteiger partial charge in [0.15, 0.2) is 5.82 Å². The zero-order valence-electron chi connectivity index (χ0n) is 30.6. The molecule has 0 fully saturated rings. The lowest BCUT2D eigenvalue weighted by atomic mass is 9.86. The molecule has 4 heteroatoms. The Morgan fingerprint density at radius 2 is 1.07 bits per heavy atom. The smallest absolute Gasteiger partial charge is 0.160 e. The molecule has 264 valence electrons. The second-order valence-corrected chi connectivity index (χ2v) is 14.6. The van der Waals surface area contributed by atoms with Crippen LogP contribution >= 0.6 is 0 Å². The van der Waals surface area contributed by atoms with Crippen LogP contribution in [0.3, 0.4) is 0 Å². The van der Waals surface area contributed by atoms with Crippen molar-refractivity contribution in [3.63, 3.8) is 0 Å². The Morgan fingerprint density at radius 3 is 1.84 bits per heavy atom. The van der Waals surface area contributed by atoms with E-state index in [-0.39, 0.29) is 12.0 Å². The summed E-state index contributed by atoms with van der Waals surface area (Å²) < 4.78 is 2.38. The average molecular weight is 717 g/mol. The third-order valence-electron chi connectivity index (χ3n) is 11.3. The third kappa shape index (κ3) is 5.38. The van der Waals surface area contributed by atoms with E-state index in [1.54, 1.807) is 0 Å². The van der Waals surface area contributed by atoms with Gasteiger partial charge in [0.1, 0.15) is 0 Å². The van der Waals surface area contributed by atoms with Crippen LogP contribution in [-0.4, -0.2) is 20.6 Å². The summed E-state index contributed by atoms with van der Waals surface area (Å²) in [6.07, 6.45) is 7.19.